The van der Waals surface area contributed by atoms with Crippen LogP contribution in [0.4, 0.5) is 5.95 Å². The molecule has 8 heteroatoms. The molecule has 1 fully saturated rings. The van der Waals surface area contributed by atoms with Crippen molar-refractivity contribution in [1.82, 2.24) is 25.0 Å². The van der Waals surface area contributed by atoms with Crippen LogP contribution >= 0.6 is 0 Å². The largest absolute Gasteiger partial charge is 0.348 e. The molecule has 0 atom stereocenters. The number of carbonyl (C=O) groups excluding carboxylic acids is 1. The maximum atomic E-state index is 12.6. The zero-order chi connectivity index (χ0) is 17.9. The van der Waals surface area contributed by atoms with Gasteiger partial charge in [0.1, 0.15) is 5.69 Å². The Morgan fingerprint density at radius 2 is 2.00 bits per heavy atom. The van der Waals surface area contributed by atoms with Crippen LogP contribution in [0, 0.1) is 6.92 Å². The second-order valence-corrected chi connectivity index (χ2v) is 6.27. The Morgan fingerprint density at radius 1 is 1.15 bits per heavy atom. The van der Waals surface area contributed by atoms with Gasteiger partial charge in [0, 0.05) is 37.4 Å². The second-order valence-electron chi connectivity index (χ2n) is 6.27. The third-order valence-corrected chi connectivity index (χ3v) is 4.53. The highest BCUT2D eigenvalue weighted by atomic mass is 16.5. The van der Waals surface area contributed by atoms with Crippen molar-refractivity contribution >= 4 is 11.9 Å². The first-order chi connectivity index (χ1) is 12.7. The highest BCUT2D eigenvalue weighted by Gasteiger charge is 2.24. The normalized spacial score (nSPS) is 15.1. The van der Waals surface area contributed by atoms with Crippen LogP contribution in [0.3, 0.4) is 0 Å². The van der Waals surface area contributed by atoms with E-state index in [0.717, 1.165) is 24.2 Å². The van der Waals surface area contributed by atoms with Gasteiger partial charge in [0.25, 0.3) is 17.7 Å². The molecule has 8 nitrogen and oxygen atoms in total. The van der Waals surface area contributed by atoms with E-state index in [1.807, 2.05) is 42.2 Å². The Morgan fingerprint density at radius 3 is 2.77 bits per heavy atom. The Bertz CT molecular complexity index is 888. The molecule has 0 radical (unpaired) electrons. The minimum absolute atomic E-state index is 0.0383. The molecule has 4 rings (SSSR count). The predicted molar refractivity (Wildman–Crippen MR) is 95.8 cm³/mol. The molecule has 3 heterocycles. The van der Waals surface area contributed by atoms with Crippen molar-refractivity contribution in [2.24, 2.45) is 0 Å². The number of amides is 1. The van der Waals surface area contributed by atoms with Crippen molar-refractivity contribution in [2.75, 3.05) is 31.1 Å². The first-order valence-corrected chi connectivity index (χ1v) is 8.65. The van der Waals surface area contributed by atoms with E-state index in [4.69, 9.17) is 4.52 Å². The molecule has 0 saturated carbocycles. The van der Waals surface area contributed by atoms with Crippen LogP contribution in [0.25, 0.3) is 11.5 Å². The SMILES string of the molecule is Cc1[nH]cnc1C(=O)N1CCCN(c2noc(-c3ccccc3)n2)CC1. The highest BCUT2D eigenvalue weighted by Crippen LogP contribution is 2.21. The molecule has 1 amide bonds. The topological polar surface area (TPSA) is 91.2 Å². The molecular weight excluding hydrogens is 332 g/mol. The molecule has 0 spiro atoms. The van der Waals surface area contributed by atoms with Gasteiger partial charge in [0.15, 0.2) is 0 Å². The number of nitrogens with one attached hydrogen (secondary N) is 1. The van der Waals surface area contributed by atoms with Gasteiger partial charge >= 0.3 is 0 Å². The number of imidazole rings is 1. The summed E-state index contributed by atoms with van der Waals surface area (Å²) in [4.78, 5) is 28.1. The Kier molecular flexibility index (Phi) is 4.39. The van der Waals surface area contributed by atoms with Crippen LogP contribution in [0.2, 0.25) is 0 Å². The molecule has 2 aromatic heterocycles. The third-order valence-electron chi connectivity index (χ3n) is 4.53. The van der Waals surface area contributed by atoms with Crippen LogP contribution in [0.5, 0.6) is 0 Å². The number of hydrogen-bond acceptors (Lipinski definition) is 6. The number of aromatic amines is 1. The van der Waals surface area contributed by atoms with Crippen molar-refractivity contribution in [2.45, 2.75) is 13.3 Å². The smallest absolute Gasteiger partial charge is 0.274 e. The van der Waals surface area contributed by atoms with Crippen molar-refractivity contribution in [3.8, 4) is 11.5 Å². The van der Waals surface area contributed by atoms with Crippen LogP contribution in [-0.4, -0.2) is 57.1 Å². The minimum atomic E-state index is -0.0383. The Balaban J connectivity index is 1.45. The second kappa shape index (κ2) is 6.99. The fraction of sp³-hybridized carbons (Fsp3) is 0.333. The average Bonchev–Trinajstić information content (AvgIpc) is 3.25. The number of aromatic nitrogens is 4. The molecule has 0 bridgehead atoms. The molecule has 0 aliphatic carbocycles. The number of hydrogen-bond donors (Lipinski definition) is 1. The van der Waals surface area contributed by atoms with Gasteiger partial charge in [-0.1, -0.05) is 18.2 Å². The monoisotopic (exact) mass is 352 g/mol. The van der Waals surface area contributed by atoms with Crippen LogP contribution in [-0.2, 0) is 0 Å². The quantitative estimate of drug-likeness (QED) is 0.776. The van der Waals surface area contributed by atoms with Crippen molar-refractivity contribution in [1.29, 1.82) is 0 Å². The number of aryl methyl sites for hydroxylation is 1. The molecule has 1 N–H and O–H groups in total. The Labute approximate surface area is 150 Å². The van der Waals surface area contributed by atoms with Crippen LogP contribution < -0.4 is 4.90 Å². The summed E-state index contributed by atoms with van der Waals surface area (Å²) in [6.45, 7) is 4.57. The van der Waals surface area contributed by atoms with Gasteiger partial charge < -0.3 is 19.3 Å². The molecule has 3 aromatic rings. The first kappa shape index (κ1) is 16.3. The van der Waals surface area contributed by atoms with Gasteiger partial charge in [-0.3, -0.25) is 4.79 Å². The molecule has 0 unspecified atom stereocenters. The molecule has 26 heavy (non-hydrogen) atoms. The van der Waals surface area contributed by atoms with E-state index in [1.165, 1.54) is 0 Å². The van der Waals surface area contributed by atoms with Gasteiger partial charge in [0.05, 0.1) is 6.33 Å². The van der Waals surface area contributed by atoms with Gasteiger partial charge in [-0.2, -0.15) is 4.98 Å². The number of rotatable bonds is 3. The van der Waals surface area contributed by atoms with Crippen molar-refractivity contribution < 1.29 is 9.32 Å². The predicted octanol–water partition coefficient (Wildman–Crippen LogP) is 2.12. The summed E-state index contributed by atoms with van der Waals surface area (Å²) in [5.74, 6) is 1.03. The fourth-order valence-electron chi connectivity index (χ4n) is 3.09. The van der Waals surface area contributed by atoms with E-state index in [9.17, 15) is 4.79 Å². The van der Waals surface area contributed by atoms with Crippen molar-refractivity contribution in [3.63, 3.8) is 0 Å². The van der Waals surface area contributed by atoms with Gasteiger partial charge in [0.2, 0.25) is 0 Å². The van der Waals surface area contributed by atoms with Gasteiger partial charge in [-0.15, -0.1) is 0 Å². The summed E-state index contributed by atoms with van der Waals surface area (Å²) < 4.78 is 5.40. The van der Waals surface area contributed by atoms with E-state index in [-0.39, 0.29) is 5.91 Å². The van der Waals surface area contributed by atoms with Crippen molar-refractivity contribution in [3.05, 3.63) is 48.0 Å². The number of H-pyrrole nitrogens is 1. The molecule has 1 aromatic carbocycles. The number of anilines is 1. The summed E-state index contributed by atoms with van der Waals surface area (Å²) >= 11 is 0. The lowest BCUT2D eigenvalue weighted by atomic mass is 10.2. The number of benzene rings is 1. The number of nitrogens with zero attached hydrogens (tertiary/aromatic N) is 5. The third kappa shape index (κ3) is 3.17. The maximum absolute atomic E-state index is 12.6. The van der Waals surface area contributed by atoms with E-state index in [1.54, 1.807) is 6.33 Å². The lowest BCUT2D eigenvalue weighted by molar-refractivity contribution is 0.0761. The molecule has 1 aliphatic heterocycles. The summed E-state index contributed by atoms with van der Waals surface area (Å²) in [5, 5.41) is 4.11. The zero-order valence-corrected chi connectivity index (χ0v) is 14.6. The van der Waals surface area contributed by atoms with E-state index in [2.05, 4.69) is 25.0 Å². The zero-order valence-electron chi connectivity index (χ0n) is 14.6. The summed E-state index contributed by atoms with van der Waals surface area (Å²) in [5.41, 5.74) is 2.18. The minimum Gasteiger partial charge on any atom is -0.348 e. The molecule has 1 saturated heterocycles. The summed E-state index contributed by atoms with van der Waals surface area (Å²) in [6.07, 6.45) is 2.39. The number of carbonyl (C=O) groups is 1. The summed E-state index contributed by atoms with van der Waals surface area (Å²) in [6, 6.07) is 9.69. The molecule has 134 valence electrons. The molecule has 1 aliphatic rings. The lowest BCUT2D eigenvalue weighted by Gasteiger charge is -2.20. The van der Waals surface area contributed by atoms with Crippen LogP contribution in [0.1, 0.15) is 22.6 Å². The van der Waals surface area contributed by atoms with Gasteiger partial charge in [-0.05, 0) is 30.6 Å². The van der Waals surface area contributed by atoms with E-state index in [0.29, 0.717) is 37.2 Å². The maximum Gasteiger partial charge on any atom is 0.274 e. The van der Waals surface area contributed by atoms with Crippen LogP contribution in [0.15, 0.2) is 41.2 Å². The average molecular weight is 352 g/mol. The highest BCUT2D eigenvalue weighted by molar-refractivity contribution is 5.93. The first-order valence-electron chi connectivity index (χ1n) is 8.65. The standard InChI is InChI=1S/C18H20N6O2/c1-13-15(20-12-19-13)17(25)23-8-5-9-24(11-10-23)18-21-16(26-22-18)14-6-3-2-4-7-14/h2-4,6-7,12H,5,8-11H2,1H3,(H,19,20). The Hall–Kier alpha value is -3.16. The summed E-state index contributed by atoms with van der Waals surface area (Å²) in [7, 11) is 0. The van der Waals surface area contributed by atoms with Gasteiger partial charge in [-0.25, -0.2) is 4.98 Å². The van der Waals surface area contributed by atoms with E-state index >= 15 is 0 Å². The lowest BCUT2D eigenvalue weighted by Crippen LogP contribution is -2.36. The fourth-order valence-corrected chi connectivity index (χ4v) is 3.09. The molecular formula is C18H20N6O2. The van der Waals surface area contributed by atoms with E-state index < -0.39 is 0 Å².